The van der Waals surface area contributed by atoms with Crippen molar-refractivity contribution in [1.82, 2.24) is 14.4 Å². The van der Waals surface area contributed by atoms with Gasteiger partial charge in [-0.25, -0.2) is 9.97 Å². The van der Waals surface area contributed by atoms with E-state index in [0.29, 0.717) is 0 Å². The molecule has 3 heteroatoms. The fourth-order valence-corrected chi connectivity index (χ4v) is 1.07. The van der Waals surface area contributed by atoms with Crippen LogP contribution in [0.25, 0.3) is 5.65 Å². The normalized spacial score (nSPS) is 10.6. The van der Waals surface area contributed by atoms with Gasteiger partial charge in [-0.15, -0.1) is 0 Å². The van der Waals surface area contributed by atoms with Crippen molar-refractivity contribution < 1.29 is 0 Å². The molecule has 2 rings (SSSR count). The van der Waals surface area contributed by atoms with Gasteiger partial charge in [0.15, 0.2) is 0 Å². The molecular weight excluding hydrogens is 138 g/mol. The molecule has 0 N–H and O–H groups in total. The Morgan fingerprint density at radius 3 is 3.18 bits per heavy atom. The third-order valence-corrected chi connectivity index (χ3v) is 1.67. The molecule has 0 radical (unpaired) electrons. The molecule has 0 aliphatic rings. The molecule has 2 heterocycles. The minimum Gasteiger partial charge on any atom is -0.290 e. The largest absolute Gasteiger partial charge is 0.290 e. The van der Waals surface area contributed by atoms with Gasteiger partial charge < -0.3 is 0 Å². The van der Waals surface area contributed by atoms with Crippen molar-refractivity contribution in [1.29, 1.82) is 0 Å². The van der Waals surface area contributed by atoms with Crippen molar-refractivity contribution in [2.75, 3.05) is 0 Å². The lowest BCUT2D eigenvalue weighted by Crippen LogP contribution is -1.81. The van der Waals surface area contributed by atoms with E-state index in [1.165, 1.54) is 0 Å². The number of hydrogen-bond donors (Lipinski definition) is 0. The van der Waals surface area contributed by atoms with Crippen molar-refractivity contribution in [3.05, 3.63) is 30.5 Å². The average Bonchev–Trinajstić information content (AvgIpc) is 2.46. The standard InChI is InChI=1S/C8H9N3/c1-2-7-5-11-6-9-4-3-8(11)10-7/h3-6H,2H2,1H3. The van der Waals surface area contributed by atoms with Gasteiger partial charge in [-0.2, -0.15) is 0 Å². The predicted molar refractivity (Wildman–Crippen MR) is 42.4 cm³/mol. The van der Waals surface area contributed by atoms with Crippen molar-refractivity contribution in [2.24, 2.45) is 0 Å². The Kier molecular flexibility index (Phi) is 1.35. The zero-order chi connectivity index (χ0) is 7.68. The summed E-state index contributed by atoms with van der Waals surface area (Å²) in [4.78, 5) is 8.34. The molecule has 0 unspecified atom stereocenters. The summed E-state index contributed by atoms with van der Waals surface area (Å²) < 4.78 is 1.93. The lowest BCUT2D eigenvalue weighted by atomic mass is 10.4. The minimum atomic E-state index is 0.969. The molecule has 0 bridgehead atoms. The first-order valence-electron chi connectivity index (χ1n) is 3.67. The molecular formula is C8H9N3. The molecule has 0 aliphatic heterocycles. The van der Waals surface area contributed by atoms with Crippen LogP contribution in [0.5, 0.6) is 0 Å². The van der Waals surface area contributed by atoms with Crippen LogP contribution in [0.3, 0.4) is 0 Å². The molecule has 3 nitrogen and oxygen atoms in total. The average molecular weight is 147 g/mol. The maximum atomic E-state index is 4.35. The van der Waals surface area contributed by atoms with E-state index in [-0.39, 0.29) is 0 Å². The van der Waals surface area contributed by atoms with Crippen LogP contribution in [0.2, 0.25) is 0 Å². The molecule has 0 amide bonds. The van der Waals surface area contributed by atoms with E-state index in [1.807, 2.05) is 16.7 Å². The van der Waals surface area contributed by atoms with Crippen LogP contribution in [-0.2, 0) is 6.42 Å². The number of hydrogen-bond acceptors (Lipinski definition) is 2. The first-order chi connectivity index (χ1) is 5.40. The number of rotatable bonds is 1. The lowest BCUT2D eigenvalue weighted by Gasteiger charge is -1.85. The van der Waals surface area contributed by atoms with Gasteiger partial charge in [0, 0.05) is 12.4 Å². The number of imidazole rings is 1. The molecule has 2 aromatic heterocycles. The van der Waals surface area contributed by atoms with Crippen LogP contribution in [0.4, 0.5) is 0 Å². The third-order valence-electron chi connectivity index (χ3n) is 1.67. The Bertz CT molecular complexity index is 331. The summed E-state index contributed by atoms with van der Waals surface area (Å²) in [5.41, 5.74) is 2.08. The highest BCUT2D eigenvalue weighted by atomic mass is 15.0. The van der Waals surface area contributed by atoms with Gasteiger partial charge in [0.25, 0.3) is 0 Å². The number of aryl methyl sites for hydroxylation is 1. The summed E-state index contributed by atoms with van der Waals surface area (Å²) in [7, 11) is 0. The van der Waals surface area contributed by atoms with E-state index >= 15 is 0 Å². The summed E-state index contributed by atoms with van der Waals surface area (Å²) in [5.74, 6) is 0. The highest BCUT2D eigenvalue weighted by Crippen LogP contribution is 2.02. The van der Waals surface area contributed by atoms with E-state index in [9.17, 15) is 0 Å². The Labute approximate surface area is 64.7 Å². The maximum Gasteiger partial charge on any atom is 0.139 e. The maximum absolute atomic E-state index is 4.35. The zero-order valence-corrected chi connectivity index (χ0v) is 6.36. The van der Waals surface area contributed by atoms with Crippen LogP contribution >= 0.6 is 0 Å². The van der Waals surface area contributed by atoms with Gasteiger partial charge in [0.1, 0.15) is 12.0 Å². The van der Waals surface area contributed by atoms with Crippen LogP contribution in [0.1, 0.15) is 12.6 Å². The van der Waals surface area contributed by atoms with Crippen LogP contribution in [0.15, 0.2) is 24.8 Å². The van der Waals surface area contributed by atoms with Crippen molar-refractivity contribution >= 4 is 5.65 Å². The Balaban J connectivity index is 2.69. The first kappa shape index (κ1) is 6.34. The number of nitrogens with zero attached hydrogens (tertiary/aromatic N) is 3. The quantitative estimate of drug-likeness (QED) is 0.608. The fourth-order valence-electron chi connectivity index (χ4n) is 1.07. The summed E-state index contributed by atoms with van der Waals surface area (Å²) >= 11 is 0. The molecule has 0 atom stereocenters. The van der Waals surface area contributed by atoms with Gasteiger partial charge in [-0.05, 0) is 12.5 Å². The molecule has 0 saturated heterocycles. The summed E-state index contributed by atoms with van der Waals surface area (Å²) in [6.07, 6.45) is 6.49. The summed E-state index contributed by atoms with van der Waals surface area (Å²) in [6.45, 7) is 2.09. The van der Waals surface area contributed by atoms with Crippen molar-refractivity contribution in [3.8, 4) is 0 Å². The van der Waals surface area contributed by atoms with Crippen molar-refractivity contribution in [2.45, 2.75) is 13.3 Å². The van der Waals surface area contributed by atoms with Gasteiger partial charge >= 0.3 is 0 Å². The Hall–Kier alpha value is -1.38. The SMILES string of the molecule is CCc1cn2cnccc2n1. The molecule has 56 valence electrons. The summed E-state index contributed by atoms with van der Waals surface area (Å²) in [5, 5.41) is 0. The zero-order valence-electron chi connectivity index (χ0n) is 6.36. The second-order valence-electron chi connectivity index (χ2n) is 2.43. The lowest BCUT2D eigenvalue weighted by molar-refractivity contribution is 1.06. The van der Waals surface area contributed by atoms with Crippen LogP contribution < -0.4 is 0 Å². The Morgan fingerprint density at radius 2 is 2.45 bits per heavy atom. The van der Waals surface area contributed by atoms with Crippen LogP contribution in [0, 0.1) is 0 Å². The van der Waals surface area contributed by atoms with E-state index < -0.39 is 0 Å². The summed E-state index contributed by atoms with van der Waals surface area (Å²) in [6, 6.07) is 1.90. The minimum absolute atomic E-state index is 0.969. The highest BCUT2D eigenvalue weighted by molar-refractivity contribution is 5.37. The van der Waals surface area contributed by atoms with E-state index in [4.69, 9.17) is 0 Å². The highest BCUT2D eigenvalue weighted by Gasteiger charge is 1.96. The molecule has 0 spiro atoms. The molecule has 0 aromatic carbocycles. The van der Waals surface area contributed by atoms with E-state index in [2.05, 4.69) is 16.9 Å². The fraction of sp³-hybridized carbons (Fsp3) is 0.250. The van der Waals surface area contributed by atoms with Gasteiger partial charge in [-0.3, -0.25) is 4.40 Å². The Morgan fingerprint density at radius 1 is 1.55 bits per heavy atom. The van der Waals surface area contributed by atoms with E-state index in [1.54, 1.807) is 12.5 Å². The second kappa shape index (κ2) is 2.34. The predicted octanol–water partition coefficient (Wildman–Crippen LogP) is 1.29. The molecule has 0 fully saturated rings. The second-order valence-corrected chi connectivity index (χ2v) is 2.43. The molecule has 2 aromatic rings. The van der Waals surface area contributed by atoms with Crippen molar-refractivity contribution in [3.63, 3.8) is 0 Å². The third kappa shape index (κ3) is 0.981. The molecule has 0 saturated carbocycles. The topological polar surface area (TPSA) is 30.2 Å². The van der Waals surface area contributed by atoms with E-state index in [0.717, 1.165) is 17.8 Å². The molecule has 0 aliphatic carbocycles. The molecule has 11 heavy (non-hydrogen) atoms. The van der Waals surface area contributed by atoms with Gasteiger partial charge in [0.2, 0.25) is 0 Å². The number of fused-ring (bicyclic) bond motifs is 1. The monoisotopic (exact) mass is 147 g/mol. The van der Waals surface area contributed by atoms with Crippen LogP contribution in [-0.4, -0.2) is 14.4 Å². The van der Waals surface area contributed by atoms with Gasteiger partial charge in [-0.1, -0.05) is 6.92 Å². The number of aromatic nitrogens is 3. The smallest absolute Gasteiger partial charge is 0.139 e. The first-order valence-corrected chi connectivity index (χ1v) is 3.67. The van der Waals surface area contributed by atoms with Gasteiger partial charge in [0.05, 0.1) is 5.69 Å².